The summed E-state index contributed by atoms with van der Waals surface area (Å²) in [6, 6.07) is 17.9. The Morgan fingerprint density at radius 3 is 2.38 bits per heavy atom. The third kappa shape index (κ3) is 5.23. The molecule has 3 rings (SSSR count). The first-order valence-electron chi connectivity index (χ1n) is 8.70. The molecule has 0 aliphatic heterocycles. The van der Waals surface area contributed by atoms with Crippen LogP contribution in [0.3, 0.4) is 0 Å². The minimum atomic E-state index is -0.0493. The highest BCUT2D eigenvalue weighted by atomic mass is 32.2. The zero-order valence-electron chi connectivity index (χ0n) is 15.1. The fraction of sp³-hybridized carbons (Fsp3) is 0.238. The standard InChI is InChI=1S/C21H23N3OS/c1-16(2)26-20-10-8-19(9-11-20)21(25)22-14-17-4-6-18(7-5-17)15-24-13-3-12-23-24/h3-13,16H,14-15H2,1-2H3,(H,22,25). The Hall–Kier alpha value is -2.53. The van der Waals surface area contributed by atoms with Crippen LogP contribution in [-0.2, 0) is 13.1 Å². The molecule has 0 bridgehead atoms. The Balaban J connectivity index is 1.52. The number of thioether (sulfide) groups is 1. The van der Waals surface area contributed by atoms with Crippen LogP contribution in [0, 0.1) is 0 Å². The van der Waals surface area contributed by atoms with Gasteiger partial charge in [0.2, 0.25) is 0 Å². The molecule has 0 fully saturated rings. The van der Waals surface area contributed by atoms with Crippen LogP contribution in [0.1, 0.15) is 35.3 Å². The molecule has 0 saturated carbocycles. The quantitative estimate of drug-likeness (QED) is 0.633. The maximum Gasteiger partial charge on any atom is 0.251 e. The van der Waals surface area contributed by atoms with E-state index in [0.29, 0.717) is 17.4 Å². The normalized spacial score (nSPS) is 10.9. The molecule has 1 amide bonds. The van der Waals surface area contributed by atoms with Crippen LogP contribution in [-0.4, -0.2) is 20.9 Å². The fourth-order valence-corrected chi connectivity index (χ4v) is 3.42. The minimum absolute atomic E-state index is 0.0493. The SMILES string of the molecule is CC(C)Sc1ccc(C(=O)NCc2ccc(Cn3cccn3)cc2)cc1. The highest BCUT2D eigenvalue weighted by Gasteiger charge is 2.06. The fourth-order valence-electron chi connectivity index (χ4n) is 2.59. The smallest absolute Gasteiger partial charge is 0.251 e. The lowest BCUT2D eigenvalue weighted by molar-refractivity contribution is 0.0951. The van der Waals surface area contributed by atoms with E-state index in [4.69, 9.17) is 0 Å². The summed E-state index contributed by atoms with van der Waals surface area (Å²) in [6.07, 6.45) is 3.72. The molecule has 0 spiro atoms. The topological polar surface area (TPSA) is 46.9 Å². The van der Waals surface area contributed by atoms with Gasteiger partial charge >= 0.3 is 0 Å². The molecular weight excluding hydrogens is 342 g/mol. The van der Waals surface area contributed by atoms with Gasteiger partial charge in [-0.3, -0.25) is 9.48 Å². The largest absolute Gasteiger partial charge is 0.348 e. The van der Waals surface area contributed by atoms with Crippen LogP contribution in [0.25, 0.3) is 0 Å². The van der Waals surface area contributed by atoms with Crippen molar-refractivity contribution in [3.8, 4) is 0 Å². The summed E-state index contributed by atoms with van der Waals surface area (Å²) in [5, 5.41) is 7.72. The number of hydrogen-bond donors (Lipinski definition) is 1. The summed E-state index contributed by atoms with van der Waals surface area (Å²) >= 11 is 1.79. The summed E-state index contributed by atoms with van der Waals surface area (Å²) in [5.41, 5.74) is 2.95. The molecule has 4 nitrogen and oxygen atoms in total. The molecule has 1 N–H and O–H groups in total. The molecule has 5 heteroatoms. The molecular formula is C21H23N3OS. The van der Waals surface area contributed by atoms with Gasteiger partial charge in [-0.2, -0.15) is 5.10 Å². The number of amides is 1. The molecule has 1 heterocycles. The first-order valence-corrected chi connectivity index (χ1v) is 9.58. The Labute approximate surface area is 158 Å². The van der Waals surface area contributed by atoms with Gasteiger partial charge in [-0.15, -0.1) is 11.8 Å². The summed E-state index contributed by atoms with van der Waals surface area (Å²) < 4.78 is 1.89. The highest BCUT2D eigenvalue weighted by molar-refractivity contribution is 7.99. The Morgan fingerprint density at radius 2 is 1.77 bits per heavy atom. The average molecular weight is 366 g/mol. The summed E-state index contributed by atoms with van der Waals surface area (Å²) in [6.45, 7) is 5.58. The third-order valence-corrected chi connectivity index (χ3v) is 4.88. The van der Waals surface area contributed by atoms with Gasteiger partial charge in [0, 0.05) is 34.6 Å². The lowest BCUT2D eigenvalue weighted by Crippen LogP contribution is -2.22. The Kier molecular flexibility index (Phi) is 6.12. The molecule has 0 atom stereocenters. The van der Waals surface area contributed by atoms with Gasteiger partial charge in [0.05, 0.1) is 6.54 Å². The molecule has 0 aliphatic carbocycles. The average Bonchev–Trinajstić information content (AvgIpc) is 3.14. The Morgan fingerprint density at radius 1 is 1.08 bits per heavy atom. The maximum atomic E-state index is 12.3. The van der Waals surface area contributed by atoms with E-state index in [0.717, 1.165) is 12.1 Å². The first-order chi connectivity index (χ1) is 12.6. The van der Waals surface area contributed by atoms with Crippen molar-refractivity contribution in [3.63, 3.8) is 0 Å². The molecule has 3 aromatic rings. The van der Waals surface area contributed by atoms with Crippen LogP contribution in [0.2, 0.25) is 0 Å². The van der Waals surface area contributed by atoms with Crippen molar-refractivity contribution in [2.75, 3.05) is 0 Å². The van der Waals surface area contributed by atoms with E-state index in [1.165, 1.54) is 10.5 Å². The van der Waals surface area contributed by atoms with E-state index >= 15 is 0 Å². The zero-order valence-corrected chi connectivity index (χ0v) is 15.9. The number of nitrogens with zero attached hydrogens (tertiary/aromatic N) is 2. The second-order valence-corrected chi connectivity index (χ2v) is 8.04. The second kappa shape index (κ2) is 8.72. The molecule has 134 valence electrons. The van der Waals surface area contributed by atoms with Gasteiger partial charge in [-0.05, 0) is 41.5 Å². The van der Waals surface area contributed by atoms with Gasteiger partial charge in [-0.25, -0.2) is 0 Å². The molecule has 0 aliphatic rings. The van der Waals surface area contributed by atoms with Gasteiger partial charge in [0.25, 0.3) is 5.91 Å². The van der Waals surface area contributed by atoms with Gasteiger partial charge in [0.15, 0.2) is 0 Å². The van der Waals surface area contributed by atoms with Crippen LogP contribution in [0.5, 0.6) is 0 Å². The predicted molar refractivity (Wildman–Crippen MR) is 106 cm³/mol. The van der Waals surface area contributed by atoms with Crippen molar-refractivity contribution in [3.05, 3.63) is 83.7 Å². The number of rotatable bonds is 7. The summed E-state index contributed by atoms with van der Waals surface area (Å²) in [7, 11) is 0. The van der Waals surface area contributed by atoms with Crippen molar-refractivity contribution in [1.82, 2.24) is 15.1 Å². The monoisotopic (exact) mass is 365 g/mol. The molecule has 2 aromatic carbocycles. The molecule has 1 aromatic heterocycles. The van der Waals surface area contributed by atoms with Crippen molar-refractivity contribution in [2.45, 2.75) is 37.1 Å². The zero-order chi connectivity index (χ0) is 18.4. The van der Waals surface area contributed by atoms with E-state index in [1.807, 2.05) is 53.3 Å². The van der Waals surface area contributed by atoms with Crippen LogP contribution in [0.15, 0.2) is 71.9 Å². The van der Waals surface area contributed by atoms with Crippen LogP contribution in [0.4, 0.5) is 0 Å². The Bertz CT molecular complexity index is 825. The van der Waals surface area contributed by atoms with Crippen LogP contribution >= 0.6 is 11.8 Å². The van der Waals surface area contributed by atoms with Gasteiger partial charge in [0.1, 0.15) is 0 Å². The van der Waals surface area contributed by atoms with E-state index in [9.17, 15) is 4.79 Å². The first kappa shape index (κ1) is 18.3. The maximum absolute atomic E-state index is 12.3. The molecule has 0 saturated heterocycles. The number of aromatic nitrogens is 2. The molecule has 26 heavy (non-hydrogen) atoms. The molecule has 0 unspecified atom stereocenters. The van der Waals surface area contributed by atoms with Gasteiger partial charge < -0.3 is 5.32 Å². The highest BCUT2D eigenvalue weighted by Crippen LogP contribution is 2.22. The van der Waals surface area contributed by atoms with Crippen molar-refractivity contribution in [1.29, 1.82) is 0 Å². The predicted octanol–water partition coefficient (Wildman–Crippen LogP) is 4.36. The third-order valence-electron chi connectivity index (χ3n) is 3.87. The minimum Gasteiger partial charge on any atom is -0.348 e. The van der Waals surface area contributed by atoms with Gasteiger partial charge in [-0.1, -0.05) is 38.1 Å². The van der Waals surface area contributed by atoms with E-state index in [2.05, 4.69) is 36.4 Å². The number of carbonyl (C=O) groups is 1. The van der Waals surface area contributed by atoms with E-state index < -0.39 is 0 Å². The number of benzene rings is 2. The van der Waals surface area contributed by atoms with E-state index in [-0.39, 0.29) is 5.91 Å². The summed E-state index contributed by atoms with van der Waals surface area (Å²) in [4.78, 5) is 13.5. The summed E-state index contributed by atoms with van der Waals surface area (Å²) in [5.74, 6) is -0.0493. The lowest BCUT2D eigenvalue weighted by atomic mass is 10.1. The van der Waals surface area contributed by atoms with E-state index in [1.54, 1.807) is 18.0 Å². The number of hydrogen-bond acceptors (Lipinski definition) is 3. The number of carbonyl (C=O) groups excluding carboxylic acids is 1. The lowest BCUT2D eigenvalue weighted by Gasteiger charge is -2.08. The second-order valence-electron chi connectivity index (χ2n) is 6.39. The van der Waals surface area contributed by atoms with Crippen molar-refractivity contribution >= 4 is 17.7 Å². The molecule has 0 radical (unpaired) electrons. The van der Waals surface area contributed by atoms with Crippen molar-refractivity contribution in [2.24, 2.45) is 0 Å². The van der Waals surface area contributed by atoms with Crippen LogP contribution < -0.4 is 5.32 Å². The van der Waals surface area contributed by atoms with Crippen molar-refractivity contribution < 1.29 is 4.79 Å². The number of nitrogens with one attached hydrogen (secondary N) is 1.